The van der Waals surface area contributed by atoms with Gasteiger partial charge in [0.1, 0.15) is 16.4 Å². The number of rotatable bonds is 6. The summed E-state index contributed by atoms with van der Waals surface area (Å²) in [4.78, 5) is 30.8. The first-order valence-corrected chi connectivity index (χ1v) is 12.2. The van der Waals surface area contributed by atoms with Gasteiger partial charge in [0.2, 0.25) is 15.9 Å². The molecule has 1 unspecified atom stereocenters. The Labute approximate surface area is 187 Å². The number of aryl methyl sites for hydroxylation is 1. The average Bonchev–Trinajstić information content (AvgIpc) is 3.45. The first-order valence-electron chi connectivity index (χ1n) is 10.7. The van der Waals surface area contributed by atoms with Crippen molar-refractivity contribution < 1.29 is 18.0 Å². The number of amides is 2. The highest BCUT2D eigenvalue weighted by Gasteiger charge is 2.29. The number of nitrogens with zero attached hydrogens (tertiary/aromatic N) is 4. The molecule has 2 fully saturated rings. The van der Waals surface area contributed by atoms with E-state index in [9.17, 15) is 18.0 Å². The van der Waals surface area contributed by atoms with Crippen molar-refractivity contribution in [1.82, 2.24) is 13.9 Å². The zero-order valence-electron chi connectivity index (χ0n) is 18.0. The van der Waals surface area contributed by atoms with Gasteiger partial charge >= 0.3 is 0 Å². The van der Waals surface area contributed by atoms with E-state index in [1.807, 2.05) is 4.90 Å². The monoisotopic (exact) mass is 460 g/mol. The van der Waals surface area contributed by atoms with Gasteiger partial charge in [-0.05, 0) is 43.9 Å². The molecule has 10 nitrogen and oxygen atoms in total. The molecule has 0 aromatic carbocycles. The quantitative estimate of drug-likeness (QED) is 0.665. The summed E-state index contributed by atoms with van der Waals surface area (Å²) < 4.78 is 28.5. The molecule has 2 amide bonds. The summed E-state index contributed by atoms with van der Waals surface area (Å²) >= 11 is 0. The Kier molecular flexibility index (Phi) is 6.20. The van der Waals surface area contributed by atoms with Gasteiger partial charge in [-0.25, -0.2) is 13.4 Å². The largest absolute Gasteiger partial charge is 0.369 e. The molecule has 0 radical (unpaired) electrons. The molecule has 11 heteroatoms. The zero-order chi connectivity index (χ0) is 22.9. The number of pyridine rings is 1. The van der Waals surface area contributed by atoms with Gasteiger partial charge in [-0.15, -0.1) is 0 Å². The maximum Gasteiger partial charge on any atom is 0.272 e. The van der Waals surface area contributed by atoms with Crippen LogP contribution in [-0.2, 0) is 21.9 Å². The SMILES string of the molecule is Cn1cc(S(=O)(=O)N2CCCC2)cc1C(=O)Nc1ccc(N2CCCC(C(N)=O)C2)nc1. The van der Waals surface area contributed by atoms with Gasteiger partial charge < -0.3 is 20.5 Å². The fraction of sp³-hybridized carbons (Fsp3) is 0.476. The topological polar surface area (TPSA) is 131 Å². The molecule has 2 aliphatic rings. The van der Waals surface area contributed by atoms with Crippen molar-refractivity contribution in [2.45, 2.75) is 30.6 Å². The summed E-state index contributed by atoms with van der Waals surface area (Å²) in [5, 5.41) is 2.77. The Morgan fingerprint density at radius 2 is 1.91 bits per heavy atom. The molecule has 1 atom stereocenters. The van der Waals surface area contributed by atoms with Crippen LogP contribution in [0.3, 0.4) is 0 Å². The maximum absolute atomic E-state index is 12.8. The summed E-state index contributed by atoms with van der Waals surface area (Å²) in [5.41, 5.74) is 6.18. The van der Waals surface area contributed by atoms with Gasteiger partial charge in [-0.1, -0.05) is 0 Å². The van der Waals surface area contributed by atoms with Crippen molar-refractivity contribution in [3.8, 4) is 0 Å². The summed E-state index contributed by atoms with van der Waals surface area (Å²) in [6.45, 7) is 2.34. The zero-order valence-corrected chi connectivity index (χ0v) is 18.8. The van der Waals surface area contributed by atoms with E-state index >= 15 is 0 Å². The van der Waals surface area contributed by atoms with Crippen LogP contribution in [0, 0.1) is 5.92 Å². The molecule has 172 valence electrons. The Bertz CT molecular complexity index is 1110. The molecule has 2 aliphatic heterocycles. The lowest BCUT2D eigenvalue weighted by Crippen LogP contribution is -2.41. The van der Waals surface area contributed by atoms with Crippen molar-refractivity contribution >= 4 is 33.3 Å². The first kappa shape index (κ1) is 22.3. The highest BCUT2D eigenvalue weighted by molar-refractivity contribution is 7.89. The molecule has 0 aliphatic carbocycles. The first-order chi connectivity index (χ1) is 15.3. The number of nitrogens with two attached hydrogens (primary N) is 1. The Balaban J connectivity index is 1.44. The van der Waals surface area contributed by atoms with Crippen molar-refractivity contribution in [2.75, 3.05) is 36.4 Å². The standard InChI is InChI=1S/C21H28N6O4S/c1-25-14-17(32(30,31)27-9-2-3-10-27)11-18(25)21(29)24-16-6-7-19(23-12-16)26-8-4-5-15(13-26)20(22)28/h6-7,11-12,14-15H,2-5,8-10,13H2,1H3,(H2,22,28)(H,24,29). The number of hydrogen-bond acceptors (Lipinski definition) is 6. The van der Waals surface area contributed by atoms with Gasteiger partial charge in [0, 0.05) is 39.4 Å². The second kappa shape index (κ2) is 8.91. The van der Waals surface area contributed by atoms with E-state index in [2.05, 4.69) is 10.3 Å². The van der Waals surface area contributed by atoms with Gasteiger partial charge in [0.25, 0.3) is 5.91 Å². The van der Waals surface area contributed by atoms with Crippen LogP contribution in [0.15, 0.2) is 35.5 Å². The predicted octanol–water partition coefficient (Wildman–Crippen LogP) is 1.16. The average molecular weight is 461 g/mol. The molecular weight excluding hydrogens is 432 g/mol. The van der Waals surface area contributed by atoms with Crippen LogP contribution < -0.4 is 16.0 Å². The number of carbonyl (C=O) groups excluding carboxylic acids is 2. The predicted molar refractivity (Wildman–Crippen MR) is 120 cm³/mol. The highest BCUT2D eigenvalue weighted by Crippen LogP contribution is 2.24. The van der Waals surface area contributed by atoms with Crippen molar-refractivity contribution in [1.29, 1.82) is 0 Å². The third kappa shape index (κ3) is 4.49. The number of sulfonamides is 1. The lowest BCUT2D eigenvalue weighted by molar-refractivity contribution is -0.122. The Hall–Kier alpha value is -2.92. The van der Waals surface area contributed by atoms with Crippen LogP contribution in [0.5, 0.6) is 0 Å². The van der Waals surface area contributed by atoms with E-state index in [1.165, 1.54) is 21.1 Å². The van der Waals surface area contributed by atoms with E-state index < -0.39 is 15.9 Å². The Morgan fingerprint density at radius 3 is 2.56 bits per heavy atom. The molecule has 4 rings (SSSR count). The summed E-state index contributed by atoms with van der Waals surface area (Å²) in [7, 11) is -1.95. The number of nitrogens with one attached hydrogen (secondary N) is 1. The highest BCUT2D eigenvalue weighted by atomic mass is 32.2. The van der Waals surface area contributed by atoms with E-state index in [4.69, 9.17) is 5.73 Å². The molecular formula is C21H28N6O4S. The van der Waals surface area contributed by atoms with Gasteiger partial charge in [-0.3, -0.25) is 9.59 Å². The second-order valence-corrected chi connectivity index (χ2v) is 10.3. The van der Waals surface area contributed by atoms with E-state index in [1.54, 1.807) is 25.4 Å². The van der Waals surface area contributed by atoms with Gasteiger partial charge in [0.15, 0.2) is 0 Å². The molecule has 2 saturated heterocycles. The third-order valence-electron chi connectivity index (χ3n) is 6.07. The minimum Gasteiger partial charge on any atom is -0.369 e. The summed E-state index contributed by atoms with van der Waals surface area (Å²) in [6.07, 6.45) is 6.36. The normalized spacial score (nSPS) is 19.8. The molecule has 0 bridgehead atoms. The second-order valence-electron chi connectivity index (χ2n) is 8.33. The Morgan fingerprint density at radius 1 is 1.16 bits per heavy atom. The van der Waals surface area contributed by atoms with Crippen LogP contribution in [0.2, 0.25) is 0 Å². The minimum absolute atomic E-state index is 0.120. The number of primary amides is 1. The van der Waals surface area contributed by atoms with Crippen LogP contribution in [-0.4, -0.2) is 60.3 Å². The van der Waals surface area contributed by atoms with Crippen molar-refractivity contribution in [3.05, 3.63) is 36.3 Å². The number of hydrogen-bond donors (Lipinski definition) is 2. The number of aromatic nitrogens is 2. The van der Waals surface area contributed by atoms with Crippen molar-refractivity contribution in [2.24, 2.45) is 18.7 Å². The molecule has 0 spiro atoms. The molecule has 0 saturated carbocycles. The molecule has 32 heavy (non-hydrogen) atoms. The minimum atomic E-state index is -3.59. The van der Waals surface area contributed by atoms with E-state index in [-0.39, 0.29) is 22.4 Å². The molecule has 4 heterocycles. The summed E-state index contributed by atoms with van der Waals surface area (Å²) in [6, 6.07) is 4.93. The lowest BCUT2D eigenvalue weighted by atomic mass is 9.97. The van der Waals surface area contributed by atoms with E-state index in [0.29, 0.717) is 31.1 Å². The van der Waals surface area contributed by atoms with Crippen molar-refractivity contribution in [3.63, 3.8) is 0 Å². The number of piperidine rings is 1. The smallest absolute Gasteiger partial charge is 0.272 e. The maximum atomic E-state index is 12.8. The number of anilines is 2. The summed E-state index contributed by atoms with van der Waals surface area (Å²) in [5.74, 6) is -0.191. The fourth-order valence-electron chi connectivity index (χ4n) is 4.24. The molecule has 2 aromatic rings. The van der Waals surface area contributed by atoms with Crippen LogP contribution in [0.4, 0.5) is 11.5 Å². The van der Waals surface area contributed by atoms with Crippen LogP contribution in [0.25, 0.3) is 0 Å². The lowest BCUT2D eigenvalue weighted by Gasteiger charge is -2.32. The van der Waals surface area contributed by atoms with Gasteiger partial charge in [-0.2, -0.15) is 4.31 Å². The van der Waals surface area contributed by atoms with E-state index in [0.717, 1.165) is 32.2 Å². The van der Waals surface area contributed by atoms with Crippen LogP contribution >= 0.6 is 0 Å². The third-order valence-corrected chi connectivity index (χ3v) is 7.93. The molecule has 3 N–H and O–H groups in total. The van der Waals surface area contributed by atoms with Gasteiger partial charge in [0.05, 0.1) is 17.8 Å². The fourth-order valence-corrected chi connectivity index (χ4v) is 5.83. The van der Waals surface area contributed by atoms with Crippen LogP contribution in [0.1, 0.15) is 36.2 Å². The molecule has 2 aromatic heterocycles. The number of carbonyl (C=O) groups is 2.